The van der Waals surface area contributed by atoms with E-state index in [0.717, 1.165) is 30.1 Å². The lowest BCUT2D eigenvalue weighted by Gasteiger charge is -2.34. The van der Waals surface area contributed by atoms with Crippen molar-refractivity contribution in [1.29, 1.82) is 0 Å². The smallest absolute Gasteiger partial charge is 0.273 e. The van der Waals surface area contributed by atoms with E-state index >= 15 is 0 Å². The van der Waals surface area contributed by atoms with Crippen LogP contribution in [0.4, 0.5) is 0 Å². The van der Waals surface area contributed by atoms with Crippen LogP contribution in [0.15, 0.2) is 29.6 Å². The maximum atomic E-state index is 12.8. The molecule has 0 radical (unpaired) electrons. The SMILES string of the molecule is O=C(c1csc(COc2ccc(Cl)cc2)n1)N1CCCC(C2OCCO2)C1. The summed E-state index contributed by atoms with van der Waals surface area (Å²) in [6.45, 7) is 3.00. The van der Waals surface area contributed by atoms with Crippen LogP contribution < -0.4 is 4.74 Å². The average Bonchev–Trinajstić information content (AvgIpc) is 3.39. The Hall–Kier alpha value is -1.67. The number of ether oxygens (including phenoxy) is 3. The number of hydrogen-bond acceptors (Lipinski definition) is 6. The summed E-state index contributed by atoms with van der Waals surface area (Å²) in [6, 6.07) is 7.17. The van der Waals surface area contributed by atoms with Gasteiger partial charge in [0.05, 0.1) is 13.2 Å². The number of carbonyl (C=O) groups is 1. The minimum absolute atomic E-state index is 0.0355. The zero-order chi connectivity index (χ0) is 18.6. The van der Waals surface area contributed by atoms with Crippen molar-refractivity contribution in [2.75, 3.05) is 26.3 Å². The summed E-state index contributed by atoms with van der Waals surface area (Å²) >= 11 is 7.30. The van der Waals surface area contributed by atoms with Crippen LogP contribution in [0.2, 0.25) is 5.02 Å². The molecule has 4 rings (SSSR count). The van der Waals surface area contributed by atoms with E-state index in [-0.39, 0.29) is 18.1 Å². The molecule has 8 heteroatoms. The van der Waals surface area contributed by atoms with Crippen molar-refractivity contribution in [3.05, 3.63) is 45.4 Å². The molecule has 2 aliphatic rings. The molecule has 0 aliphatic carbocycles. The van der Waals surface area contributed by atoms with E-state index in [1.165, 1.54) is 11.3 Å². The minimum atomic E-state index is -0.181. The molecule has 0 saturated carbocycles. The van der Waals surface area contributed by atoms with Crippen LogP contribution in [0.3, 0.4) is 0 Å². The molecule has 0 spiro atoms. The van der Waals surface area contributed by atoms with Crippen LogP contribution in [0.1, 0.15) is 28.3 Å². The Morgan fingerprint density at radius 2 is 2.07 bits per heavy atom. The van der Waals surface area contributed by atoms with Gasteiger partial charge in [0.1, 0.15) is 23.1 Å². The number of likely N-dealkylation sites (tertiary alicyclic amines) is 1. The van der Waals surface area contributed by atoms with Gasteiger partial charge in [-0.15, -0.1) is 11.3 Å². The van der Waals surface area contributed by atoms with Crippen LogP contribution in [-0.2, 0) is 16.1 Å². The van der Waals surface area contributed by atoms with Gasteiger partial charge in [0.2, 0.25) is 0 Å². The van der Waals surface area contributed by atoms with Crippen molar-refractivity contribution in [3.8, 4) is 5.75 Å². The molecule has 2 fully saturated rings. The summed E-state index contributed by atoms with van der Waals surface area (Å²) in [7, 11) is 0. The lowest BCUT2D eigenvalue weighted by Crippen LogP contribution is -2.44. The quantitative estimate of drug-likeness (QED) is 0.756. The summed E-state index contributed by atoms with van der Waals surface area (Å²) in [5.74, 6) is 0.918. The first-order valence-corrected chi connectivity index (χ1v) is 10.3. The summed E-state index contributed by atoms with van der Waals surface area (Å²) in [4.78, 5) is 19.1. The Kier molecular flexibility index (Phi) is 5.92. The second-order valence-electron chi connectivity index (χ2n) is 6.63. The highest BCUT2D eigenvalue weighted by molar-refractivity contribution is 7.09. The molecule has 1 aromatic carbocycles. The third-order valence-electron chi connectivity index (χ3n) is 4.72. The Morgan fingerprint density at radius 3 is 2.85 bits per heavy atom. The number of aromatic nitrogens is 1. The van der Waals surface area contributed by atoms with Crippen molar-refractivity contribution in [1.82, 2.24) is 9.88 Å². The number of piperidine rings is 1. The predicted molar refractivity (Wildman–Crippen MR) is 102 cm³/mol. The molecule has 1 atom stereocenters. The normalized spacial score (nSPS) is 20.8. The van der Waals surface area contributed by atoms with E-state index in [4.69, 9.17) is 25.8 Å². The topological polar surface area (TPSA) is 60.9 Å². The molecule has 144 valence electrons. The van der Waals surface area contributed by atoms with Gasteiger partial charge in [-0.25, -0.2) is 4.98 Å². The van der Waals surface area contributed by atoms with Gasteiger partial charge in [0.25, 0.3) is 5.91 Å². The summed E-state index contributed by atoms with van der Waals surface area (Å²) in [6.07, 6.45) is 1.79. The van der Waals surface area contributed by atoms with E-state index in [0.29, 0.717) is 37.1 Å². The molecule has 1 unspecified atom stereocenters. The summed E-state index contributed by atoms with van der Waals surface area (Å²) in [5.41, 5.74) is 0.476. The first-order valence-electron chi connectivity index (χ1n) is 9.04. The number of halogens is 1. The van der Waals surface area contributed by atoms with Crippen LogP contribution in [0.25, 0.3) is 0 Å². The van der Waals surface area contributed by atoms with E-state index in [1.807, 2.05) is 17.0 Å². The van der Waals surface area contributed by atoms with Gasteiger partial charge >= 0.3 is 0 Å². The maximum Gasteiger partial charge on any atom is 0.273 e. The van der Waals surface area contributed by atoms with Gasteiger partial charge in [-0.3, -0.25) is 4.79 Å². The van der Waals surface area contributed by atoms with Gasteiger partial charge in [0, 0.05) is 29.4 Å². The number of benzene rings is 1. The van der Waals surface area contributed by atoms with Gasteiger partial charge in [-0.05, 0) is 37.1 Å². The molecular weight excluding hydrogens is 388 g/mol. The van der Waals surface area contributed by atoms with E-state index in [9.17, 15) is 4.79 Å². The monoisotopic (exact) mass is 408 g/mol. The van der Waals surface area contributed by atoms with E-state index in [2.05, 4.69) is 4.98 Å². The number of hydrogen-bond donors (Lipinski definition) is 0. The Balaban J connectivity index is 1.34. The number of rotatable bonds is 5. The first-order chi connectivity index (χ1) is 13.2. The second kappa shape index (κ2) is 8.56. The standard InChI is InChI=1S/C19H21ClN2O4S/c20-14-3-5-15(6-4-14)26-11-17-21-16(12-27-17)18(23)22-7-1-2-13(10-22)19-24-8-9-25-19/h3-6,12-13,19H,1-2,7-11H2. The fourth-order valence-corrected chi connectivity index (χ4v) is 4.18. The highest BCUT2D eigenvalue weighted by atomic mass is 35.5. The molecule has 2 saturated heterocycles. The molecule has 2 aliphatic heterocycles. The molecule has 1 amide bonds. The van der Waals surface area contributed by atoms with Gasteiger partial charge in [-0.1, -0.05) is 11.6 Å². The highest BCUT2D eigenvalue weighted by Gasteiger charge is 2.33. The predicted octanol–water partition coefficient (Wildman–Crippen LogP) is 3.60. The van der Waals surface area contributed by atoms with Gasteiger partial charge in [0.15, 0.2) is 6.29 Å². The fourth-order valence-electron chi connectivity index (χ4n) is 3.38. The fraction of sp³-hybridized carbons (Fsp3) is 0.474. The van der Waals surface area contributed by atoms with Crippen molar-refractivity contribution in [2.24, 2.45) is 5.92 Å². The van der Waals surface area contributed by atoms with Crippen molar-refractivity contribution < 1.29 is 19.0 Å². The molecule has 3 heterocycles. The van der Waals surface area contributed by atoms with Crippen molar-refractivity contribution >= 4 is 28.8 Å². The molecular formula is C19H21ClN2O4S. The average molecular weight is 409 g/mol. The molecule has 2 aromatic rings. The van der Waals surface area contributed by atoms with Crippen LogP contribution >= 0.6 is 22.9 Å². The number of nitrogens with zero attached hydrogens (tertiary/aromatic N) is 2. The molecule has 0 N–H and O–H groups in total. The van der Waals surface area contributed by atoms with E-state index in [1.54, 1.807) is 17.5 Å². The number of thiazole rings is 1. The van der Waals surface area contributed by atoms with Gasteiger partial charge < -0.3 is 19.1 Å². The maximum absolute atomic E-state index is 12.8. The lowest BCUT2D eigenvalue weighted by atomic mass is 9.97. The second-order valence-corrected chi connectivity index (χ2v) is 8.01. The van der Waals surface area contributed by atoms with Crippen LogP contribution in [0, 0.1) is 5.92 Å². The number of amides is 1. The Labute approximate surface area is 167 Å². The molecule has 6 nitrogen and oxygen atoms in total. The van der Waals surface area contributed by atoms with Crippen LogP contribution in [-0.4, -0.2) is 48.4 Å². The van der Waals surface area contributed by atoms with Crippen molar-refractivity contribution in [3.63, 3.8) is 0 Å². The number of carbonyl (C=O) groups excluding carboxylic acids is 1. The zero-order valence-corrected chi connectivity index (χ0v) is 16.4. The zero-order valence-electron chi connectivity index (χ0n) is 14.8. The largest absolute Gasteiger partial charge is 0.486 e. The molecule has 0 bridgehead atoms. The lowest BCUT2D eigenvalue weighted by molar-refractivity contribution is -0.0969. The van der Waals surface area contributed by atoms with Gasteiger partial charge in [-0.2, -0.15) is 0 Å². The molecule has 1 aromatic heterocycles. The minimum Gasteiger partial charge on any atom is -0.486 e. The van der Waals surface area contributed by atoms with E-state index < -0.39 is 0 Å². The summed E-state index contributed by atoms with van der Waals surface area (Å²) < 4.78 is 16.9. The van der Waals surface area contributed by atoms with Crippen LogP contribution in [0.5, 0.6) is 5.75 Å². The highest BCUT2D eigenvalue weighted by Crippen LogP contribution is 2.26. The summed E-state index contributed by atoms with van der Waals surface area (Å²) in [5, 5.41) is 3.23. The van der Waals surface area contributed by atoms with Crippen molar-refractivity contribution in [2.45, 2.75) is 25.7 Å². The third-order valence-corrected chi connectivity index (χ3v) is 5.80. The first kappa shape index (κ1) is 18.7. The Bertz CT molecular complexity index is 776. The Morgan fingerprint density at radius 1 is 1.30 bits per heavy atom. The molecule has 27 heavy (non-hydrogen) atoms. The third kappa shape index (κ3) is 4.60.